The van der Waals surface area contributed by atoms with Gasteiger partial charge in [0.05, 0.1) is 25.4 Å². The normalized spacial score (nSPS) is 12.4. The van der Waals surface area contributed by atoms with E-state index < -0.39 is 12.1 Å². The summed E-state index contributed by atoms with van der Waals surface area (Å²) in [5.74, 6) is -0.00304. The number of carbonyl (C=O) groups excluding carboxylic acids is 2. The topological polar surface area (TPSA) is 95.9 Å². The van der Waals surface area contributed by atoms with Crippen LogP contribution in [0.15, 0.2) is 12.2 Å². The van der Waals surface area contributed by atoms with Crippen LogP contribution in [0.4, 0.5) is 0 Å². The lowest BCUT2D eigenvalue weighted by Gasteiger charge is -2.22. The molecular formula is C83H163NO5. The Labute approximate surface area is 559 Å². The predicted molar refractivity (Wildman–Crippen MR) is 394 cm³/mol. The van der Waals surface area contributed by atoms with Gasteiger partial charge in [-0.25, -0.2) is 0 Å². The fourth-order valence-corrected chi connectivity index (χ4v) is 13.5. The highest BCUT2D eigenvalue weighted by atomic mass is 16.5. The van der Waals surface area contributed by atoms with Crippen LogP contribution < -0.4 is 5.32 Å². The highest BCUT2D eigenvalue weighted by Crippen LogP contribution is 2.21. The Bertz CT molecular complexity index is 1350. The summed E-state index contributed by atoms with van der Waals surface area (Å²) < 4.78 is 5.52. The summed E-state index contributed by atoms with van der Waals surface area (Å²) in [6.45, 7) is 5.02. The molecule has 6 heteroatoms. The molecule has 0 aromatic rings. The van der Waals surface area contributed by atoms with Crippen LogP contribution in [-0.2, 0) is 14.3 Å². The summed E-state index contributed by atoms with van der Waals surface area (Å²) in [5.41, 5.74) is 0. The van der Waals surface area contributed by atoms with Crippen molar-refractivity contribution in [2.45, 2.75) is 495 Å². The van der Waals surface area contributed by atoms with E-state index in [4.69, 9.17) is 4.74 Å². The van der Waals surface area contributed by atoms with Crippen LogP contribution in [-0.4, -0.2) is 47.4 Å². The molecule has 0 saturated carbocycles. The second kappa shape index (κ2) is 79.0. The number of nitrogens with one attached hydrogen (secondary N) is 1. The number of esters is 1. The molecule has 89 heavy (non-hydrogen) atoms. The molecule has 0 rings (SSSR count). The van der Waals surface area contributed by atoms with Gasteiger partial charge in [0.25, 0.3) is 0 Å². The van der Waals surface area contributed by atoms with Crippen LogP contribution in [0.3, 0.4) is 0 Å². The minimum atomic E-state index is -0.664. The SMILES string of the molecule is CCCCCCCCCCCCCCCCCCCCCCCCCC(O)C(CO)NC(=O)CCCCCCCCCCCCCCCCC/C=C\CCCCCCCCCCCCCCOC(=O)CCCCCCCCCCCCCCCCCCCC. The molecule has 2 atom stereocenters. The van der Waals surface area contributed by atoms with E-state index in [2.05, 4.69) is 31.3 Å². The zero-order chi connectivity index (χ0) is 64.2. The molecule has 0 bridgehead atoms. The lowest BCUT2D eigenvalue weighted by molar-refractivity contribution is -0.143. The van der Waals surface area contributed by atoms with Gasteiger partial charge in [-0.2, -0.15) is 0 Å². The Kier molecular flexibility index (Phi) is 77.8. The van der Waals surface area contributed by atoms with Gasteiger partial charge in [0.1, 0.15) is 0 Å². The van der Waals surface area contributed by atoms with Crippen LogP contribution in [0.2, 0.25) is 0 Å². The molecule has 0 aliphatic heterocycles. The molecule has 2 unspecified atom stereocenters. The van der Waals surface area contributed by atoms with Crippen molar-refractivity contribution in [3.05, 3.63) is 12.2 Å². The van der Waals surface area contributed by atoms with Gasteiger partial charge in [-0.3, -0.25) is 9.59 Å². The number of hydrogen-bond acceptors (Lipinski definition) is 5. The van der Waals surface area contributed by atoms with Crippen LogP contribution in [0, 0.1) is 0 Å². The van der Waals surface area contributed by atoms with Crippen molar-refractivity contribution in [2.24, 2.45) is 0 Å². The molecule has 530 valence electrons. The van der Waals surface area contributed by atoms with Crippen LogP contribution >= 0.6 is 0 Å². The Balaban J connectivity index is 3.34. The fourth-order valence-electron chi connectivity index (χ4n) is 13.5. The van der Waals surface area contributed by atoms with E-state index >= 15 is 0 Å². The number of unbranched alkanes of at least 4 members (excludes halogenated alkanes) is 66. The molecule has 6 nitrogen and oxygen atoms in total. The third kappa shape index (κ3) is 75.5. The smallest absolute Gasteiger partial charge is 0.305 e. The van der Waals surface area contributed by atoms with E-state index in [0.717, 1.165) is 38.5 Å². The number of amides is 1. The molecule has 0 spiro atoms. The van der Waals surface area contributed by atoms with E-state index in [1.165, 1.54) is 411 Å². The largest absolute Gasteiger partial charge is 0.466 e. The number of rotatable bonds is 79. The Hall–Kier alpha value is -1.40. The van der Waals surface area contributed by atoms with Gasteiger partial charge in [-0.15, -0.1) is 0 Å². The second-order valence-electron chi connectivity index (χ2n) is 28.8. The third-order valence-corrected chi connectivity index (χ3v) is 19.8. The van der Waals surface area contributed by atoms with Crippen molar-refractivity contribution >= 4 is 11.9 Å². The average molecular weight is 1260 g/mol. The summed E-state index contributed by atoms with van der Waals surface area (Å²) in [5, 5.41) is 23.5. The van der Waals surface area contributed by atoms with Gasteiger partial charge in [0, 0.05) is 12.8 Å². The average Bonchev–Trinajstić information content (AvgIpc) is 3.55. The molecular weight excluding hydrogens is 1090 g/mol. The summed E-state index contributed by atoms with van der Waals surface area (Å²) in [4.78, 5) is 24.7. The molecule has 0 aromatic heterocycles. The maximum Gasteiger partial charge on any atom is 0.305 e. The zero-order valence-electron chi connectivity index (χ0n) is 61.0. The van der Waals surface area contributed by atoms with Gasteiger partial charge in [0.2, 0.25) is 5.91 Å². The number of ether oxygens (including phenoxy) is 1. The molecule has 3 N–H and O–H groups in total. The first-order chi connectivity index (χ1) is 44.0. The van der Waals surface area contributed by atoms with Crippen molar-refractivity contribution in [3.8, 4) is 0 Å². The van der Waals surface area contributed by atoms with Gasteiger partial charge >= 0.3 is 5.97 Å². The lowest BCUT2D eigenvalue weighted by Crippen LogP contribution is -2.45. The maximum absolute atomic E-state index is 12.6. The summed E-state index contributed by atoms with van der Waals surface area (Å²) in [7, 11) is 0. The first-order valence-electron chi connectivity index (χ1n) is 41.4. The van der Waals surface area contributed by atoms with Crippen molar-refractivity contribution in [3.63, 3.8) is 0 Å². The molecule has 0 aliphatic carbocycles. The standard InChI is InChI=1S/C83H163NO5/c1-3-5-7-9-11-13-15-17-19-21-23-24-34-37-40-43-47-51-55-59-63-67-71-75-81(86)80(79-85)84-82(87)76-72-68-64-60-56-52-48-44-41-38-35-32-30-28-26-25-27-29-31-33-36-39-42-46-50-54-58-62-66-70-74-78-89-83(88)77-73-69-65-61-57-53-49-45-22-20-18-16-14-12-10-8-6-4-2/h27,29,80-81,85-86H,3-26,28,30-79H2,1-2H3,(H,84,87)/b29-27-. The quantitative estimate of drug-likeness (QED) is 0.0320. The predicted octanol–water partition coefficient (Wildman–Crippen LogP) is 27.4. The minimum absolute atomic E-state index is 0.0236. The minimum Gasteiger partial charge on any atom is -0.466 e. The van der Waals surface area contributed by atoms with E-state index in [1.807, 2.05) is 0 Å². The highest BCUT2D eigenvalue weighted by Gasteiger charge is 2.20. The number of allylic oxidation sites excluding steroid dienone is 2. The number of carbonyl (C=O) groups is 2. The van der Waals surface area contributed by atoms with E-state index in [1.54, 1.807) is 0 Å². The monoisotopic (exact) mass is 1250 g/mol. The van der Waals surface area contributed by atoms with Gasteiger partial charge < -0.3 is 20.3 Å². The van der Waals surface area contributed by atoms with Crippen LogP contribution in [0.25, 0.3) is 0 Å². The molecule has 0 radical (unpaired) electrons. The molecule has 1 amide bonds. The summed E-state index contributed by atoms with van der Waals surface area (Å²) in [6, 6.07) is -0.541. The van der Waals surface area contributed by atoms with E-state index in [-0.39, 0.29) is 18.5 Å². The first-order valence-corrected chi connectivity index (χ1v) is 41.4. The molecule has 0 aliphatic rings. The van der Waals surface area contributed by atoms with Crippen molar-refractivity contribution < 1.29 is 24.5 Å². The number of aliphatic hydroxyl groups excluding tert-OH is 2. The van der Waals surface area contributed by atoms with Crippen LogP contribution in [0.5, 0.6) is 0 Å². The van der Waals surface area contributed by atoms with Crippen molar-refractivity contribution in [2.75, 3.05) is 13.2 Å². The lowest BCUT2D eigenvalue weighted by atomic mass is 10.0. The molecule has 0 saturated heterocycles. The Morgan fingerprint density at radius 3 is 0.798 bits per heavy atom. The Morgan fingerprint density at radius 1 is 0.303 bits per heavy atom. The van der Waals surface area contributed by atoms with Gasteiger partial charge in [-0.1, -0.05) is 431 Å². The van der Waals surface area contributed by atoms with Crippen molar-refractivity contribution in [1.29, 1.82) is 0 Å². The van der Waals surface area contributed by atoms with Crippen LogP contribution in [0.1, 0.15) is 483 Å². The summed E-state index contributed by atoms with van der Waals surface area (Å²) in [6.07, 6.45) is 100. The van der Waals surface area contributed by atoms with Crippen molar-refractivity contribution in [1.82, 2.24) is 5.32 Å². The third-order valence-electron chi connectivity index (χ3n) is 19.8. The zero-order valence-corrected chi connectivity index (χ0v) is 61.0. The summed E-state index contributed by atoms with van der Waals surface area (Å²) >= 11 is 0. The van der Waals surface area contributed by atoms with E-state index in [0.29, 0.717) is 25.9 Å². The van der Waals surface area contributed by atoms with Gasteiger partial charge in [-0.05, 0) is 51.4 Å². The van der Waals surface area contributed by atoms with Gasteiger partial charge in [0.15, 0.2) is 0 Å². The first kappa shape index (κ1) is 87.6. The maximum atomic E-state index is 12.6. The second-order valence-corrected chi connectivity index (χ2v) is 28.8. The molecule has 0 aromatic carbocycles. The molecule has 0 heterocycles. The molecule has 0 fully saturated rings. The van der Waals surface area contributed by atoms with E-state index in [9.17, 15) is 19.8 Å². The highest BCUT2D eigenvalue weighted by molar-refractivity contribution is 5.76. The number of hydrogen-bond donors (Lipinski definition) is 3. The fraction of sp³-hybridized carbons (Fsp3) is 0.952. The number of aliphatic hydroxyl groups is 2. The Morgan fingerprint density at radius 2 is 0.528 bits per heavy atom.